The van der Waals surface area contributed by atoms with Gasteiger partial charge in [-0.1, -0.05) is 12.1 Å². The number of Topliss-reactive ketones (excluding diaryl/α,β-unsaturated/α-hetero) is 1. The van der Waals surface area contributed by atoms with E-state index >= 15 is 0 Å². The first-order valence-electron chi connectivity index (χ1n) is 5.77. The molecule has 0 saturated carbocycles. The molecule has 0 aliphatic rings. The third kappa shape index (κ3) is 2.54. The van der Waals surface area contributed by atoms with E-state index in [0.717, 1.165) is 0 Å². The van der Waals surface area contributed by atoms with Crippen LogP contribution in [0.1, 0.15) is 16.8 Å². The summed E-state index contributed by atoms with van der Waals surface area (Å²) in [7, 11) is 2.62. The second kappa shape index (κ2) is 5.56. The van der Waals surface area contributed by atoms with E-state index in [0.29, 0.717) is 11.1 Å². The number of benzene rings is 1. The molecule has 2 aromatic rings. The molecule has 0 amide bonds. The molecule has 0 spiro atoms. The lowest BCUT2D eigenvalue weighted by Crippen LogP contribution is -2.17. The molecule has 104 valence electrons. The fourth-order valence-electron chi connectivity index (χ4n) is 1.77. The summed E-state index contributed by atoms with van der Waals surface area (Å²) in [4.78, 5) is 34.7. The van der Waals surface area contributed by atoms with Crippen LogP contribution in [0.5, 0.6) is 5.75 Å². The molecule has 0 N–H and O–H groups in total. The molecular weight excluding hydrogens is 264 g/mol. The molecular formula is C14H12O6. The van der Waals surface area contributed by atoms with E-state index in [-0.39, 0.29) is 11.1 Å². The Labute approximate surface area is 113 Å². The van der Waals surface area contributed by atoms with Gasteiger partial charge in [-0.3, -0.25) is 9.59 Å². The number of ether oxygens (including phenoxy) is 2. The Morgan fingerprint density at radius 2 is 2.00 bits per heavy atom. The minimum absolute atomic E-state index is 0.184. The Hall–Kier alpha value is -2.63. The van der Waals surface area contributed by atoms with Crippen molar-refractivity contribution in [2.45, 2.75) is 6.42 Å². The summed E-state index contributed by atoms with van der Waals surface area (Å²) in [6.45, 7) is 0. The van der Waals surface area contributed by atoms with Gasteiger partial charge in [-0.05, 0) is 12.1 Å². The standard InChI is InChI=1S/C14H12O6/c1-18-11-5-3-4-8-6-9(14(17)20-13(8)11)10(15)7-12(16)19-2/h3-6H,7H2,1-2H3. The van der Waals surface area contributed by atoms with Crippen LogP contribution in [-0.2, 0) is 9.53 Å². The Morgan fingerprint density at radius 1 is 1.25 bits per heavy atom. The molecule has 2 rings (SSSR count). The molecule has 20 heavy (non-hydrogen) atoms. The van der Waals surface area contributed by atoms with Gasteiger partial charge in [0.1, 0.15) is 12.0 Å². The van der Waals surface area contributed by atoms with Gasteiger partial charge in [-0.15, -0.1) is 0 Å². The maximum Gasteiger partial charge on any atom is 0.347 e. The summed E-state index contributed by atoms with van der Waals surface area (Å²) < 4.78 is 14.6. The van der Waals surface area contributed by atoms with Crippen molar-refractivity contribution in [2.75, 3.05) is 14.2 Å². The molecule has 6 nitrogen and oxygen atoms in total. The first kappa shape index (κ1) is 13.8. The highest BCUT2D eigenvalue weighted by Crippen LogP contribution is 2.24. The third-order valence-corrected chi connectivity index (χ3v) is 2.78. The number of hydrogen-bond acceptors (Lipinski definition) is 6. The van der Waals surface area contributed by atoms with Crippen molar-refractivity contribution in [2.24, 2.45) is 0 Å². The van der Waals surface area contributed by atoms with Crippen LogP contribution in [-0.4, -0.2) is 26.0 Å². The first-order chi connectivity index (χ1) is 9.56. The predicted molar refractivity (Wildman–Crippen MR) is 70.0 cm³/mol. The van der Waals surface area contributed by atoms with Gasteiger partial charge in [-0.2, -0.15) is 0 Å². The van der Waals surface area contributed by atoms with Crippen molar-refractivity contribution in [3.05, 3.63) is 40.2 Å². The zero-order chi connectivity index (χ0) is 14.7. The lowest BCUT2D eigenvalue weighted by Gasteiger charge is -2.05. The average molecular weight is 276 g/mol. The number of para-hydroxylation sites is 1. The fourth-order valence-corrected chi connectivity index (χ4v) is 1.77. The van der Waals surface area contributed by atoms with Crippen LogP contribution in [0, 0.1) is 0 Å². The van der Waals surface area contributed by atoms with Gasteiger partial charge in [0, 0.05) is 5.39 Å². The van der Waals surface area contributed by atoms with E-state index in [1.165, 1.54) is 20.3 Å². The minimum atomic E-state index is -0.809. The normalized spacial score (nSPS) is 10.3. The number of carbonyl (C=O) groups excluding carboxylic acids is 2. The highest BCUT2D eigenvalue weighted by atomic mass is 16.5. The highest BCUT2D eigenvalue weighted by molar-refractivity contribution is 6.07. The average Bonchev–Trinajstić information content (AvgIpc) is 2.45. The molecule has 1 aromatic heterocycles. The highest BCUT2D eigenvalue weighted by Gasteiger charge is 2.18. The Kier molecular flexibility index (Phi) is 3.84. The lowest BCUT2D eigenvalue weighted by molar-refractivity contribution is -0.139. The van der Waals surface area contributed by atoms with Crippen molar-refractivity contribution >= 4 is 22.7 Å². The second-order valence-electron chi connectivity index (χ2n) is 4.00. The molecule has 1 heterocycles. The molecule has 0 bridgehead atoms. The van der Waals surface area contributed by atoms with Crippen LogP contribution < -0.4 is 10.4 Å². The van der Waals surface area contributed by atoms with E-state index in [1.54, 1.807) is 18.2 Å². The molecule has 0 fully saturated rings. The topological polar surface area (TPSA) is 82.8 Å². The minimum Gasteiger partial charge on any atom is -0.493 e. The van der Waals surface area contributed by atoms with Crippen LogP contribution in [0.3, 0.4) is 0 Å². The molecule has 0 atom stereocenters. The van der Waals surface area contributed by atoms with E-state index in [1.807, 2.05) is 0 Å². The van der Waals surface area contributed by atoms with Crippen molar-refractivity contribution in [1.29, 1.82) is 0 Å². The van der Waals surface area contributed by atoms with E-state index in [4.69, 9.17) is 9.15 Å². The van der Waals surface area contributed by atoms with Gasteiger partial charge in [0.05, 0.1) is 14.2 Å². The number of fused-ring (bicyclic) bond motifs is 1. The molecule has 0 radical (unpaired) electrons. The fraction of sp³-hybridized carbons (Fsp3) is 0.214. The van der Waals surface area contributed by atoms with Gasteiger partial charge < -0.3 is 13.9 Å². The zero-order valence-electron chi connectivity index (χ0n) is 11.0. The Balaban J connectivity index is 2.51. The lowest BCUT2D eigenvalue weighted by atomic mass is 10.1. The Bertz CT molecular complexity index is 728. The molecule has 0 saturated heterocycles. The summed E-state index contributed by atoms with van der Waals surface area (Å²) in [6, 6.07) is 6.40. The van der Waals surface area contributed by atoms with Gasteiger partial charge in [0.15, 0.2) is 17.1 Å². The van der Waals surface area contributed by atoms with Crippen LogP contribution in [0.4, 0.5) is 0 Å². The summed E-state index contributed by atoms with van der Waals surface area (Å²) >= 11 is 0. The number of ketones is 1. The smallest absolute Gasteiger partial charge is 0.347 e. The molecule has 0 unspecified atom stereocenters. The largest absolute Gasteiger partial charge is 0.493 e. The first-order valence-corrected chi connectivity index (χ1v) is 5.77. The number of esters is 1. The van der Waals surface area contributed by atoms with E-state index in [2.05, 4.69) is 4.74 Å². The van der Waals surface area contributed by atoms with Gasteiger partial charge in [0.25, 0.3) is 0 Å². The Morgan fingerprint density at radius 3 is 2.65 bits per heavy atom. The number of carbonyl (C=O) groups is 2. The second-order valence-corrected chi connectivity index (χ2v) is 4.00. The summed E-state index contributed by atoms with van der Waals surface area (Å²) in [5.74, 6) is -0.956. The van der Waals surface area contributed by atoms with Gasteiger partial charge in [-0.25, -0.2) is 4.79 Å². The van der Waals surface area contributed by atoms with Crippen LogP contribution in [0.15, 0.2) is 33.5 Å². The van der Waals surface area contributed by atoms with E-state index in [9.17, 15) is 14.4 Å². The quantitative estimate of drug-likeness (QED) is 0.364. The van der Waals surface area contributed by atoms with Crippen LogP contribution in [0.2, 0.25) is 0 Å². The van der Waals surface area contributed by atoms with Gasteiger partial charge >= 0.3 is 11.6 Å². The number of methoxy groups -OCH3 is 2. The summed E-state index contributed by atoms with van der Waals surface area (Å²) in [6.07, 6.45) is -0.503. The monoisotopic (exact) mass is 276 g/mol. The van der Waals surface area contributed by atoms with Crippen LogP contribution in [0.25, 0.3) is 11.0 Å². The van der Waals surface area contributed by atoms with E-state index < -0.39 is 23.8 Å². The van der Waals surface area contributed by atoms with Crippen LogP contribution >= 0.6 is 0 Å². The summed E-state index contributed by atoms with van der Waals surface area (Å²) in [5.41, 5.74) is -0.735. The molecule has 6 heteroatoms. The molecule has 1 aromatic carbocycles. The van der Waals surface area contributed by atoms with Gasteiger partial charge in [0.2, 0.25) is 0 Å². The van der Waals surface area contributed by atoms with Crippen molar-refractivity contribution < 1.29 is 23.5 Å². The summed E-state index contributed by atoms with van der Waals surface area (Å²) in [5, 5.41) is 0.539. The molecule has 0 aliphatic carbocycles. The van der Waals surface area contributed by atoms with Crippen molar-refractivity contribution in [3.8, 4) is 5.75 Å². The van der Waals surface area contributed by atoms with Crippen molar-refractivity contribution in [1.82, 2.24) is 0 Å². The maximum atomic E-state index is 11.8. The molecule has 0 aliphatic heterocycles. The number of rotatable bonds is 4. The van der Waals surface area contributed by atoms with Crippen molar-refractivity contribution in [3.63, 3.8) is 0 Å². The zero-order valence-corrected chi connectivity index (χ0v) is 11.0. The maximum absolute atomic E-state index is 11.8. The predicted octanol–water partition coefficient (Wildman–Crippen LogP) is 1.55. The third-order valence-electron chi connectivity index (χ3n) is 2.78. The SMILES string of the molecule is COC(=O)CC(=O)c1cc2cccc(OC)c2oc1=O. The number of hydrogen-bond donors (Lipinski definition) is 0.